The summed E-state index contributed by atoms with van der Waals surface area (Å²) in [6, 6.07) is -0.674. The highest BCUT2D eigenvalue weighted by molar-refractivity contribution is 5.96. The fourth-order valence-electron chi connectivity index (χ4n) is 7.50. The fourth-order valence-corrected chi connectivity index (χ4v) is 7.50. The molecule has 0 fully saturated rings. The number of carbonyl (C=O) groups excluding carboxylic acids is 9. The Bertz CT molecular complexity index is 2270. The van der Waals surface area contributed by atoms with Gasteiger partial charge in [0, 0.05) is 48.3 Å². The third kappa shape index (κ3) is 19.3. The van der Waals surface area contributed by atoms with Crippen LogP contribution in [0.25, 0.3) is 10.9 Å². The molecule has 0 aliphatic rings. The van der Waals surface area contributed by atoms with Crippen molar-refractivity contribution in [3.8, 4) is 0 Å². The van der Waals surface area contributed by atoms with E-state index < -0.39 is 120 Å². The summed E-state index contributed by atoms with van der Waals surface area (Å²) in [6.07, 6.45) is 2.88. The summed E-state index contributed by atoms with van der Waals surface area (Å²) in [5.74, 6) is -7.05. The lowest BCUT2D eigenvalue weighted by Crippen LogP contribution is -2.59. The maximum atomic E-state index is 13.9. The number of rotatable bonds is 28. The van der Waals surface area contributed by atoms with Crippen LogP contribution in [0.2, 0.25) is 0 Å². The van der Waals surface area contributed by atoms with Crippen molar-refractivity contribution < 1.29 is 48.3 Å². The monoisotopic (exact) mass is 980 g/mol. The Morgan fingerprint density at radius 1 is 0.743 bits per heavy atom. The second kappa shape index (κ2) is 26.8. The van der Waals surface area contributed by atoms with Crippen LogP contribution in [0.4, 0.5) is 0 Å². The van der Waals surface area contributed by atoms with E-state index in [0.29, 0.717) is 11.3 Å². The van der Waals surface area contributed by atoms with Gasteiger partial charge in [-0.15, -0.1) is 0 Å². The number of hydrogen-bond acceptors (Lipinski definition) is 12. The molecule has 9 amide bonds. The number of aromatic amines is 2. The van der Waals surface area contributed by atoms with E-state index in [9.17, 15) is 48.3 Å². The lowest BCUT2D eigenvalue weighted by atomic mass is 9.87. The summed E-state index contributed by atoms with van der Waals surface area (Å²) in [4.78, 5) is 128. The van der Waals surface area contributed by atoms with Crippen LogP contribution >= 0.6 is 0 Å². The molecule has 0 saturated carbocycles. The van der Waals surface area contributed by atoms with Gasteiger partial charge in [0.2, 0.25) is 53.2 Å². The van der Waals surface area contributed by atoms with Gasteiger partial charge >= 0.3 is 0 Å². The Kier molecular flexibility index (Phi) is 22.0. The molecule has 16 N–H and O–H groups in total. The van der Waals surface area contributed by atoms with Crippen molar-refractivity contribution in [3.63, 3.8) is 0 Å². The second-order valence-corrected chi connectivity index (χ2v) is 19.6. The number of carbonyl (C=O) groups is 9. The lowest BCUT2D eigenvalue weighted by Gasteiger charge is -2.29. The van der Waals surface area contributed by atoms with Gasteiger partial charge in [0.15, 0.2) is 0 Å². The first-order chi connectivity index (χ1) is 32.7. The molecule has 0 spiro atoms. The van der Waals surface area contributed by atoms with Crippen LogP contribution in [0.1, 0.15) is 98.8 Å². The first kappa shape index (κ1) is 57.4. The van der Waals surface area contributed by atoms with Gasteiger partial charge in [-0.1, -0.05) is 66.7 Å². The molecule has 3 aromatic rings. The van der Waals surface area contributed by atoms with E-state index in [1.54, 1.807) is 20.0 Å². The fraction of sp³-hybridized carbons (Fsp3) is 0.574. The quantitative estimate of drug-likeness (QED) is 0.0404. The van der Waals surface area contributed by atoms with Crippen LogP contribution in [-0.2, 0) is 56.0 Å². The van der Waals surface area contributed by atoms with Crippen LogP contribution in [0, 0.1) is 17.3 Å². The summed E-state index contributed by atoms with van der Waals surface area (Å²) >= 11 is 0. The van der Waals surface area contributed by atoms with E-state index in [0.717, 1.165) is 10.9 Å². The molecule has 0 unspecified atom stereocenters. The molecule has 0 saturated heterocycles. The van der Waals surface area contributed by atoms with Gasteiger partial charge in [0.25, 0.3) is 0 Å². The van der Waals surface area contributed by atoms with E-state index in [2.05, 4.69) is 52.2 Å². The van der Waals surface area contributed by atoms with E-state index >= 15 is 0 Å². The third-order valence-electron chi connectivity index (χ3n) is 11.2. The molecule has 70 heavy (non-hydrogen) atoms. The molecule has 2 heterocycles. The largest absolute Gasteiger partial charge is 0.390 e. The van der Waals surface area contributed by atoms with E-state index in [4.69, 9.17) is 17.2 Å². The topological polar surface area (TPSA) is 381 Å². The van der Waals surface area contributed by atoms with Gasteiger partial charge in [-0.05, 0) is 55.1 Å². The molecule has 0 bridgehead atoms. The number of fused-ring (bicyclic) bond motifs is 1. The Hall–Kier alpha value is -6.88. The molecule has 23 heteroatoms. The molecular weight excluding hydrogens is 907 g/mol. The zero-order valence-electron chi connectivity index (χ0n) is 41.3. The average molecular weight is 980 g/mol. The van der Waals surface area contributed by atoms with E-state index in [1.165, 1.54) is 19.4 Å². The number of aromatic nitrogens is 3. The van der Waals surface area contributed by atoms with Gasteiger partial charge in [0.05, 0.1) is 37.5 Å². The van der Waals surface area contributed by atoms with Crippen LogP contribution in [-0.4, -0.2) is 128 Å². The number of primary amides is 2. The average Bonchev–Trinajstić information content (AvgIpc) is 3.94. The number of imidazole rings is 1. The molecule has 8 atom stereocenters. The van der Waals surface area contributed by atoms with Crippen LogP contribution in [0.5, 0.6) is 0 Å². The normalized spacial score (nSPS) is 15.0. The number of nitrogens with one attached hydrogen (secondary N) is 9. The highest BCUT2D eigenvalue weighted by Gasteiger charge is 2.33. The molecule has 0 aliphatic heterocycles. The van der Waals surface area contributed by atoms with Crippen molar-refractivity contribution in [1.29, 1.82) is 0 Å². The molecule has 0 radical (unpaired) electrons. The molecule has 0 aliphatic carbocycles. The molecule has 23 nitrogen and oxygen atoms in total. The summed E-state index contributed by atoms with van der Waals surface area (Å²) in [5, 5.41) is 30.3. The minimum absolute atomic E-state index is 0.000782. The van der Waals surface area contributed by atoms with E-state index in [1.807, 2.05) is 58.9 Å². The van der Waals surface area contributed by atoms with Gasteiger partial charge in [-0.2, -0.15) is 0 Å². The van der Waals surface area contributed by atoms with E-state index in [-0.39, 0.29) is 49.9 Å². The SMILES string of the molecule is CC(C)C[C@H](NC(=O)[C@H](Cc1cnc[nH]1)NC(=O)CNC(=O)[C@@H](NC(=O)[C@H](C)NC(=O)[C@@H](Cc1c[nH]c2ccccc12)NC(=O)[C@@H](N)CCC(N)=O)C(C)C)[C@@H](O)CC(=O)N[C@@H](CC(C)(C)C)C(N)=O. The summed E-state index contributed by atoms with van der Waals surface area (Å²) in [6.45, 7) is 13.4. The number of aliphatic hydroxyl groups excluding tert-OH is 1. The lowest BCUT2D eigenvalue weighted by molar-refractivity contribution is -0.134. The number of H-pyrrole nitrogens is 2. The van der Waals surface area contributed by atoms with Crippen LogP contribution < -0.4 is 54.4 Å². The predicted molar refractivity (Wildman–Crippen MR) is 259 cm³/mol. The highest BCUT2D eigenvalue weighted by atomic mass is 16.3. The zero-order valence-corrected chi connectivity index (χ0v) is 41.3. The van der Waals surface area contributed by atoms with Gasteiger partial charge in [-0.3, -0.25) is 43.2 Å². The second-order valence-electron chi connectivity index (χ2n) is 19.6. The minimum atomic E-state index is -1.39. The maximum absolute atomic E-state index is 13.9. The van der Waals surface area contributed by atoms with Crippen molar-refractivity contribution >= 4 is 64.1 Å². The van der Waals surface area contributed by atoms with Crippen molar-refractivity contribution in [2.24, 2.45) is 34.5 Å². The highest BCUT2D eigenvalue weighted by Crippen LogP contribution is 2.22. The molecule has 3 rings (SSSR count). The Labute approximate surface area is 407 Å². The summed E-state index contributed by atoms with van der Waals surface area (Å²) < 4.78 is 0. The number of nitrogens with two attached hydrogens (primary N) is 3. The molecule has 386 valence electrons. The van der Waals surface area contributed by atoms with Crippen LogP contribution in [0.3, 0.4) is 0 Å². The maximum Gasteiger partial charge on any atom is 0.243 e. The summed E-state index contributed by atoms with van der Waals surface area (Å²) in [5.41, 5.74) is 18.4. The van der Waals surface area contributed by atoms with Gasteiger partial charge in [0.1, 0.15) is 30.2 Å². The first-order valence-corrected chi connectivity index (χ1v) is 23.4. The predicted octanol–water partition coefficient (Wildman–Crippen LogP) is -1.31. The first-order valence-electron chi connectivity index (χ1n) is 23.4. The third-order valence-corrected chi connectivity index (χ3v) is 11.2. The van der Waals surface area contributed by atoms with Crippen molar-refractivity contribution in [3.05, 3.63) is 54.2 Å². The molecule has 1 aromatic carbocycles. The van der Waals surface area contributed by atoms with Gasteiger partial charge in [-0.25, -0.2) is 4.98 Å². The minimum Gasteiger partial charge on any atom is -0.390 e. The van der Waals surface area contributed by atoms with Gasteiger partial charge < -0.3 is 69.5 Å². The van der Waals surface area contributed by atoms with Crippen molar-refractivity contribution in [1.82, 2.24) is 52.2 Å². The number of nitrogens with zero attached hydrogens (tertiary/aromatic N) is 1. The summed E-state index contributed by atoms with van der Waals surface area (Å²) in [7, 11) is 0. The molecular formula is C47H73N13O10. The Morgan fingerprint density at radius 3 is 1.99 bits per heavy atom. The Morgan fingerprint density at radius 2 is 1.39 bits per heavy atom. The smallest absolute Gasteiger partial charge is 0.243 e. The number of aliphatic hydroxyl groups is 1. The van der Waals surface area contributed by atoms with Crippen LogP contribution in [0.15, 0.2) is 43.0 Å². The van der Waals surface area contributed by atoms with Crippen molar-refractivity contribution in [2.45, 2.75) is 149 Å². The zero-order chi connectivity index (χ0) is 52.5. The number of para-hydroxylation sites is 1. The molecule has 2 aromatic heterocycles. The van der Waals surface area contributed by atoms with Crippen molar-refractivity contribution in [2.75, 3.05) is 6.54 Å². The number of amides is 9. The standard InChI is InChI=1S/C47H73N13O10/c1-24(2)15-32(36(61)18-38(63)57-35(41(50)65)19-47(6,7)8)58-45(69)34(17-28-21-51-23-54-28)56-39(64)22-53-46(70)40(25(3)4)60-42(66)26(5)55-44(68)33(59-43(67)30(48)13-14-37(49)62)16-27-20-52-31-12-10-9-11-29(27)31/h9-12,20-21,23-26,30,32-36,40,52,61H,13-19,22,48H2,1-8H3,(H2,49,62)(H2,50,65)(H,51,54)(H,53,70)(H,55,68)(H,56,64)(H,57,63)(H,58,69)(H,59,67)(H,60,66)/t26-,30-,32-,33+,34-,35-,36-,40-/m0/s1. The Balaban J connectivity index is 1.68. The number of hydrogen-bond donors (Lipinski definition) is 13. The number of benzene rings is 1.